The van der Waals surface area contributed by atoms with E-state index in [0.29, 0.717) is 23.8 Å². The number of anilines is 1. The van der Waals surface area contributed by atoms with Gasteiger partial charge in [0, 0.05) is 18.0 Å². The van der Waals surface area contributed by atoms with E-state index >= 15 is 0 Å². The third-order valence-corrected chi connectivity index (χ3v) is 4.29. The van der Waals surface area contributed by atoms with Gasteiger partial charge in [0.2, 0.25) is 5.91 Å². The first-order valence-electron chi connectivity index (χ1n) is 8.51. The van der Waals surface area contributed by atoms with Crippen LogP contribution < -0.4 is 20.5 Å². The van der Waals surface area contributed by atoms with Crippen LogP contribution in [0, 0.1) is 5.92 Å². The molecule has 0 heterocycles. The number of carbonyl (C=O) groups is 1. The SMILES string of the molecule is CCCCOc1ccc(OC)cc1NC(=O)C1CCCC(N)C1. The second-order valence-corrected chi connectivity index (χ2v) is 6.18. The summed E-state index contributed by atoms with van der Waals surface area (Å²) in [4.78, 5) is 12.5. The van der Waals surface area contributed by atoms with Crippen molar-refractivity contribution in [1.29, 1.82) is 0 Å². The molecule has 23 heavy (non-hydrogen) atoms. The maximum Gasteiger partial charge on any atom is 0.227 e. The van der Waals surface area contributed by atoms with Gasteiger partial charge in [-0.05, 0) is 37.8 Å². The quantitative estimate of drug-likeness (QED) is 0.756. The lowest BCUT2D eigenvalue weighted by Gasteiger charge is -2.26. The highest BCUT2D eigenvalue weighted by Gasteiger charge is 2.26. The standard InChI is InChI=1S/C18H28N2O3/c1-3-4-10-23-17-9-8-15(22-2)12-16(17)20-18(21)13-6-5-7-14(19)11-13/h8-9,12-14H,3-7,10-11,19H2,1-2H3,(H,20,21). The number of unbranched alkanes of at least 4 members (excludes halogenated alkanes) is 1. The van der Waals surface area contributed by atoms with Crippen molar-refractivity contribution >= 4 is 11.6 Å². The number of ether oxygens (including phenoxy) is 2. The molecular formula is C18H28N2O3. The van der Waals surface area contributed by atoms with Crippen LogP contribution in [0.4, 0.5) is 5.69 Å². The summed E-state index contributed by atoms with van der Waals surface area (Å²) in [5.74, 6) is 1.39. The van der Waals surface area contributed by atoms with Crippen LogP contribution in [0.3, 0.4) is 0 Å². The minimum atomic E-state index is -0.0200. The van der Waals surface area contributed by atoms with Crippen LogP contribution >= 0.6 is 0 Å². The van der Waals surface area contributed by atoms with E-state index in [4.69, 9.17) is 15.2 Å². The highest BCUT2D eigenvalue weighted by molar-refractivity contribution is 5.94. The molecule has 2 rings (SSSR count). The molecule has 2 atom stereocenters. The third-order valence-electron chi connectivity index (χ3n) is 4.29. The van der Waals surface area contributed by atoms with E-state index in [0.717, 1.165) is 38.5 Å². The minimum absolute atomic E-state index is 0.0200. The van der Waals surface area contributed by atoms with Gasteiger partial charge in [-0.2, -0.15) is 0 Å². The molecule has 1 aliphatic carbocycles. The van der Waals surface area contributed by atoms with Crippen LogP contribution in [0.5, 0.6) is 11.5 Å². The fourth-order valence-electron chi connectivity index (χ4n) is 2.89. The van der Waals surface area contributed by atoms with E-state index in [9.17, 15) is 4.79 Å². The molecule has 5 heteroatoms. The van der Waals surface area contributed by atoms with Crippen molar-refractivity contribution in [2.24, 2.45) is 11.7 Å². The van der Waals surface area contributed by atoms with Gasteiger partial charge in [-0.25, -0.2) is 0 Å². The van der Waals surface area contributed by atoms with Crippen molar-refractivity contribution in [3.05, 3.63) is 18.2 Å². The smallest absolute Gasteiger partial charge is 0.227 e. The van der Waals surface area contributed by atoms with Gasteiger partial charge in [0.25, 0.3) is 0 Å². The number of methoxy groups -OCH3 is 1. The zero-order valence-electron chi connectivity index (χ0n) is 14.1. The molecule has 0 spiro atoms. The van der Waals surface area contributed by atoms with Crippen LogP contribution in [0.15, 0.2) is 18.2 Å². The third kappa shape index (κ3) is 5.13. The van der Waals surface area contributed by atoms with Crippen molar-refractivity contribution < 1.29 is 14.3 Å². The number of hydrogen-bond donors (Lipinski definition) is 2. The Kier molecular flexibility index (Phi) is 6.71. The first-order valence-corrected chi connectivity index (χ1v) is 8.51. The number of nitrogens with one attached hydrogen (secondary N) is 1. The molecule has 3 N–H and O–H groups in total. The minimum Gasteiger partial charge on any atom is -0.497 e. The maximum absolute atomic E-state index is 12.5. The highest BCUT2D eigenvalue weighted by Crippen LogP contribution is 2.31. The molecular weight excluding hydrogens is 292 g/mol. The van der Waals surface area contributed by atoms with E-state index in [1.54, 1.807) is 7.11 Å². The van der Waals surface area contributed by atoms with E-state index in [2.05, 4.69) is 12.2 Å². The second kappa shape index (κ2) is 8.77. The summed E-state index contributed by atoms with van der Waals surface area (Å²) in [6, 6.07) is 5.62. The number of amides is 1. The van der Waals surface area contributed by atoms with Crippen LogP contribution in [0.1, 0.15) is 45.4 Å². The molecule has 2 unspecified atom stereocenters. The van der Waals surface area contributed by atoms with Gasteiger partial charge >= 0.3 is 0 Å². The second-order valence-electron chi connectivity index (χ2n) is 6.18. The lowest BCUT2D eigenvalue weighted by molar-refractivity contribution is -0.120. The molecule has 1 aromatic rings. The van der Waals surface area contributed by atoms with Crippen LogP contribution in [-0.4, -0.2) is 25.7 Å². The van der Waals surface area contributed by atoms with Gasteiger partial charge < -0.3 is 20.5 Å². The lowest BCUT2D eigenvalue weighted by Crippen LogP contribution is -2.34. The summed E-state index contributed by atoms with van der Waals surface area (Å²) in [5.41, 5.74) is 6.66. The predicted octanol–water partition coefficient (Wildman–Crippen LogP) is 3.33. The first-order chi connectivity index (χ1) is 11.1. The Morgan fingerprint density at radius 2 is 2.22 bits per heavy atom. The number of hydrogen-bond acceptors (Lipinski definition) is 4. The number of carbonyl (C=O) groups excluding carboxylic acids is 1. The van der Waals surface area contributed by atoms with Crippen molar-refractivity contribution in [3.63, 3.8) is 0 Å². The van der Waals surface area contributed by atoms with Crippen LogP contribution in [-0.2, 0) is 4.79 Å². The molecule has 1 aromatic carbocycles. The van der Waals surface area contributed by atoms with Gasteiger partial charge in [-0.3, -0.25) is 4.79 Å². The van der Waals surface area contributed by atoms with Crippen LogP contribution in [0.2, 0.25) is 0 Å². The van der Waals surface area contributed by atoms with E-state index in [1.807, 2.05) is 18.2 Å². The Bertz CT molecular complexity index is 519. The van der Waals surface area contributed by atoms with Gasteiger partial charge in [-0.15, -0.1) is 0 Å². The Labute approximate surface area is 138 Å². The molecule has 1 saturated carbocycles. The molecule has 0 radical (unpaired) electrons. The molecule has 128 valence electrons. The van der Waals surface area contributed by atoms with Crippen molar-refractivity contribution in [2.75, 3.05) is 19.0 Å². The summed E-state index contributed by atoms with van der Waals surface area (Å²) in [7, 11) is 1.61. The first kappa shape index (κ1) is 17.6. The average Bonchev–Trinajstić information content (AvgIpc) is 2.56. The van der Waals surface area contributed by atoms with Gasteiger partial charge in [0.1, 0.15) is 11.5 Å². The topological polar surface area (TPSA) is 73.6 Å². The van der Waals surface area contributed by atoms with Gasteiger partial charge in [0.15, 0.2) is 0 Å². The highest BCUT2D eigenvalue weighted by atomic mass is 16.5. The van der Waals surface area contributed by atoms with Crippen molar-refractivity contribution in [2.45, 2.75) is 51.5 Å². The Hall–Kier alpha value is -1.75. The lowest BCUT2D eigenvalue weighted by atomic mass is 9.85. The summed E-state index contributed by atoms with van der Waals surface area (Å²) < 4.78 is 11.0. The number of benzene rings is 1. The van der Waals surface area contributed by atoms with Crippen LogP contribution in [0.25, 0.3) is 0 Å². The van der Waals surface area contributed by atoms with Crippen molar-refractivity contribution in [3.8, 4) is 11.5 Å². The largest absolute Gasteiger partial charge is 0.497 e. The monoisotopic (exact) mass is 320 g/mol. The van der Waals surface area contributed by atoms with E-state index in [-0.39, 0.29) is 17.9 Å². The molecule has 1 aliphatic rings. The normalized spacial score (nSPS) is 20.8. The number of nitrogens with two attached hydrogens (primary N) is 1. The number of rotatable bonds is 7. The Balaban J connectivity index is 2.07. The predicted molar refractivity (Wildman–Crippen MR) is 92.0 cm³/mol. The molecule has 0 aromatic heterocycles. The fraction of sp³-hybridized carbons (Fsp3) is 0.611. The molecule has 0 aliphatic heterocycles. The summed E-state index contributed by atoms with van der Waals surface area (Å²) in [5, 5.41) is 3.00. The molecule has 1 amide bonds. The summed E-state index contributed by atoms with van der Waals surface area (Å²) in [6.45, 7) is 2.76. The molecule has 0 saturated heterocycles. The zero-order chi connectivity index (χ0) is 16.7. The fourth-order valence-corrected chi connectivity index (χ4v) is 2.89. The molecule has 5 nitrogen and oxygen atoms in total. The maximum atomic E-state index is 12.5. The molecule has 0 bridgehead atoms. The average molecular weight is 320 g/mol. The Morgan fingerprint density at radius 1 is 1.39 bits per heavy atom. The van der Waals surface area contributed by atoms with E-state index in [1.165, 1.54) is 0 Å². The van der Waals surface area contributed by atoms with Gasteiger partial charge in [-0.1, -0.05) is 19.8 Å². The van der Waals surface area contributed by atoms with E-state index < -0.39 is 0 Å². The van der Waals surface area contributed by atoms with Gasteiger partial charge in [0.05, 0.1) is 19.4 Å². The Morgan fingerprint density at radius 3 is 2.91 bits per heavy atom. The zero-order valence-corrected chi connectivity index (χ0v) is 14.1. The molecule has 1 fully saturated rings. The summed E-state index contributed by atoms with van der Waals surface area (Å²) in [6.07, 6.45) is 5.72. The van der Waals surface area contributed by atoms with Crippen molar-refractivity contribution in [1.82, 2.24) is 0 Å². The summed E-state index contributed by atoms with van der Waals surface area (Å²) >= 11 is 0.